The maximum atomic E-state index is 12.6. The van der Waals surface area contributed by atoms with Crippen LogP contribution in [0.1, 0.15) is 0 Å². The summed E-state index contributed by atoms with van der Waals surface area (Å²) in [6, 6.07) is 1.24. The van der Waals surface area contributed by atoms with E-state index in [2.05, 4.69) is 15.0 Å². The molecule has 5 heteroatoms. The third-order valence-electron chi connectivity index (χ3n) is 1.39. The van der Waals surface area contributed by atoms with Gasteiger partial charge in [-0.25, -0.2) is 15.0 Å². The van der Waals surface area contributed by atoms with E-state index in [0.717, 1.165) is 0 Å². The van der Waals surface area contributed by atoms with Crippen molar-refractivity contribution in [3.05, 3.63) is 37.1 Å². The molecule has 0 unspecified atom stereocenters. The van der Waals surface area contributed by atoms with Gasteiger partial charge in [0.05, 0.1) is 0 Å². The lowest BCUT2D eigenvalue weighted by Gasteiger charge is -1.97. The lowest BCUT2D eigenvalue weighted by atomic mass is 10.5. The van der Waals surface area contributed by atoms with Crippen molar-refractivity contribution in [2.75, 3.05) is 0 Å². The van der Waals surface area contributed by atoms with Crippen molar-refractivity contribution in [1.29, 1.82) is 0 Å². The highest BCUT2D eigenvalue weighted by atomic mass is 19.1. The quantitative estimate of drug-likeness (QED) is 0.585. The number of rotatable bonds is 1. The highest BCUT2D eigenvalue weighted by Gasteiger charge is 1.97. The number of imidazole rings is 1. The first-order chi connectivity index (χ1) is 5.86. The Morgan fingerprint density at radius 2 is 2.25 bits per heavy atom. The van der Waals surface area contributed by atoms with E-state index in [1.807, 2.05) is 0 Å². The second-order valence-electron chi connectivity index (χ2n) is 2.17. The summed E-state index contributed by atoms with van der Waals surface area (Å²) >= 11 is 0. The minimum Gasteiger partial charge on any atom is -0.290 e. The summed E-state index contributed by atoms with van der Waals surface area (Å²) < 4.78 is 14.2. The van der Waals surface area contributed by atoms with Crippen LogP contribution in [0.4, 0.5) is 4.39 Å². The number of halogens is 1. The fraction of sp³-hybridized carbons (Fsp3) is 0. The van der Waals surface area contributed by atoms with Crippen LogP contribution in [0.2, 0.25) is 0 Å². The zero-order valence-electron chi connectivity index (χ0n) is 6.05. The van der Waals surface area contributed by atoms with E-state index >= 15 is 0 Å². The Morgan fingerprint density at radius 3 is 2.92 bits per heavy atom. The molecule has 2 rings (SSSR count). The zero-order chi connectivity index (χ0) is 8.39. The van der Waals surface area contributed by atoms with Crippen molar-refractivity contribution in [3.63, 3.8) is 0 Å². The largest absolute Gasteiger partial charge is 0.290 e. The topological polar surface area (TPSA) is 43.6 Å². The summed E-state index contributed by atoms with van der Waals surface area (Å²) in [5.41, 5.74) is 0. The van der Waals surface area contributed by atoms with Crippen LogP contribution in [0.15, 0.2) is 31.1 Å². The van der Waals surface area contributed by atoms with Crippen LogP contribution < -0.4 is 0 Å². The Morgan fingerprint density at radius 1 is 1.33 bits per heavy atom. The summed E-state index contributed by atoms with van der Waals surface area (Å²) in [5, 5.41) is 0. The number of hydrogen-bond acceptors (Lipinski definition) is 3. The van der Waals surface area contributed by atoms with Crippen LogP contribution in [0, 0.1) is 5.95 Å². The Bertz CT molecular complexity index is 371. The summed E-state index contributed by atoms with van der Waals surface area (Å²) in [6.45, 7) is 0. The van der Waals surface area contributed by atoms with Crippen LogP contribution in [-0.2, 0) is 0 Å². The fourth-order valence-corrected chi connectivity index (χ4v) is 0.860. The van der Waals surface area contributed by atoms with Gasteiger partial charge in [-0.05, 0) is 0 Å². The lowest BCUT2D eigenvalue weighted by Crippen LogP contribution is -1.96. The van der Waals surface area contributed by atoms with Gasteiger partial charge in [0, 0.05) is 18.5 Å². The molecular formula is C7H5FN4. The van der Waals surface area contributed by atoms with Crippen LogP contribution in [0.3, 0.4) is 0 Å². The number of aromatic nitrogens is 4. The molecule has 0 aliphatic carbocycles. The molecule has 0 atom stereocenters. The normalized spacial score (nSPS) is 10.1. The molecule has 2 heterocycles. The van der Waals surface area contributed by atoms with E-state index in [0.29, 0.717) is 5.82 Å². The predicted octanol–water partition coefficient (Wildman–Crippen LogP) is 0.801. The van der Waals surface area contributed by atoms with Crippen LogP contribution >= 0.6 is 0 Å². The number of hydrogen-bond donors (Lipinski definition) is 0. The third kappa shape index (κ3) is 1.16. The van der Waals surface area contributed by atoms with Gasteiger partial charge in [0.15, 0.2) is 0 Å². The Balaban J connectivity index is 2.48. The highest BCUT2D eigenvalue weighted by molar-refractivity contribution is 5.18. The summed E-state index contributed by atoms with van der Waals surface area (Å²) in [4.78, 5) is 11.0. The zero-order valence-corrected chi connectivity index (χ0v) is 6.05. The van der Waals surface area contributed by atoms with Crippen molar-refractivity contribution >= 4 is 0 Å². The summed E-state index contributed by atoms with van der Waals surface area (Å²) in [5.74, 6) is -0.0753. The highest BCUT2D eigenvalue weighted by Crippen LogP contribution is 2.02. The molecule has 60 valence electrons. The molecule has 0 aromatic carbocycles. The molecular weight excluding hydrogens is 159 g/mol. The van der Waals surface area contributed by atoms with Gasteiger partial charge in [0.25, 0.3) is 0 Å². The Hall–Kier alpha value is -1.78. The lowest BCUT2D eigenvalue weighted by molar-refractivity contribution is 0.577. The van der Waals surface area contributed by atoms with Crippen molar-refractivity contribution < 1.29 is 4.39 Å². The second kappa shape index (κ2) is 2.69. The van der Waals surface area contributed by atoms with E-state index in [9.17, 15) is 4.39 Å². The molecule has 0 amide bonds. The van der Waals surface area contributed by atoms with Crippen LogP contribution in [-0.4, -0.2) is 19.5 Å². The van der Waals surface area contributed by atoms with Gasteiger partial charge in [0.2, 0.25) is 5.95 Å². The molecule has 0 fully saturated rings. The molecule has 12 heavy (non-hydrogen) atoms. The van der Waals surface area contributed by atoms with E-state index in [-0.39, 0.29) is 0 Å². The second-order valence-corrected chi connectivity index (χ2v) is 2.17. The summed E-state index contributed by atoms with van der Waals surface area (Å²) in [7, 11) is 0. The molecule has 0 saturated heterocycles. The monoisotopic (exact) mass is 164 g/mol. The standard InChI is InChI=1S/C7H5FN4/c8-6-3-7(11-4-10-6)12-2-1-9-5-12/h1-5H. The first-order valence-corrected chi connectivity index (χ1v) is 3.32. The molecule has 0 saturated carbocycles. The van der Waals surface area contributed by atoms with E-state index in [1.165, 1.54) is 12.4 Å². The van der Waals surface area contributed by atoms with Crippen LogP contribution in [0.5, 0.6) is 0 Å². The van der Waals surface area contributed by atoms with E-state index < -0.39 is 5.95 Å². The van der Waals surface area contributed by atoms with Gasteiger partial charge >= 0.3 is 0 Å². The molecule has 0 bridgehead atoms. The molecule has 2 aromatic heterocycles. The maximum Gasteiger partial charge on any atom is 0.218 e. The van der Waals surface area contributed by atoms with Gasteiger partial charge in [-0.2, -0.15) is 4.39 Å². The Kier molecular flexibility index (Phi) is 1.55. The number of nitrogens with zero attached hydrogens (tertiary/aromatic N) is 4. The predicted molar refractivity (Wildman–Crippen MR) is 39.1 cm³/mol. The molecule has 0 spiro atoms. The molecule has 4 nitrogen and oxygen atoms in total. The average Bonchev–Trinajstić information content (AvgIpc) is 2.56. The van der Waals surface area contributed by atoms with Gasteiger partial charge in [0.1, 0.15) is 18.5 Å². The third-order valence-corrected chi connectivity index (χ3v) is 1.39. The van der Waals surface area contributed by atoms with Crippen LogP contribution in [0.25, 0.3) is 5.82 Å². The fourth-order valence-electron chi connectivity index (χ4n) is 0.860. The summed E-state index contributed by atoms with van der Waals surface area (Å²) in [6.07, 6.45) is 5.99. The minimum absolute atomic E-state index is 0.472. The average molecular weight is 164 g/mol. The van der Waals surface area contributed by atoms with E-state index in [1.54, 1.807) is 23.3 Å². The van der Waals surface area contributed by atoms with Gasteiger partial charge in [-0.15, -0.1) is 0 Å². The first kappa shape index (κ1) is 6.90. The minimum atomic E-state index is -0.547. The Labute approximate surface area is 67.7 Å². The van der Waals surface area contributed by atoms with Gasteiger partial charge < -0.3 is 0 Å². The SMILES string of the molecule is Fc1cc(-n2ccnc2)ncn1. The molecule has 2 aromatic rings. The van der Waals surface area contributed by atoms with Crippen molar-refractivity contribution in [1.82, 2.24) is 19.5 Å². The maximum absolute atomic E-state index is 12.6. The molecule has 0 N–H and O–H groups in total. The van der Waals surface area contributed by atoms with Crippen molar-refractivity contribution in [2.24, 2.45) is 0 Å². The van der Waals surface area contributed by atoms with Crippen molar-refractivity contribution in [2.45, 2.75) is 0 Å². The first-order valence-electron chi connectivity index (χ1n) is 3.32. The van der Waals surface area contributed by atoms with E-state index in [4.69, 9.17) is 0 Å². The molecule has 0 radical (unpaired) electrons. The van der Waals surface area contributed by atoms with Gasteiger partial charge in [-0.1, -0.05) is 0 Å². The molecule has 0 aliphatic heterocycles. The molecule has 0 aliphatic rings. The van der Waals surface area contributed by atoms with Gasteiger partial charge in [-0.3, -0.25) is 4.57 Å². The van der Waals surface area contributed by atoms with Crippen molar-refractivity contribution in [3.8, 4) is 5.82 Å². The smallest absolute Gasteiger partial charge is 0.218 e.